The first-order chi connectivity index (χ1) is 19.7. The first kappa shape index (κ1) is 27.8. The van der Waals surface area contributed by atoms with Gasteiger partial charge in [-0.05, 0) is 111 Å². The fourth-order valence-corrected chi connectivity index (χ4v) is 7.60. The van der Waals surface area contributed by atoms with Crippen molar-refractivity contribution in [3.05, 3.63) is 106 Å². The molecule has 2 aliphatic heterocycles. The van der Waals surface area contributed by atoms with Crippen molar-refractivity contribution < 1.29 is 0 Å². The van der Waals surface area contributed by atoms with Crippen LogP contribution in [-0.2, 0) is 0 Å². The highest BCUT2D eigenvalue weighted by atomic mass is 35.5. The molecule has 4 unspecified atom stereocenters. The van der Waals surface area contributed by atoms with Gasteiger partial charge < -0.3 is 19.7 Å². The molecule has 0 saturated carbocycles. The van der Waals surface area contributed by atoms with Crippen LogP contribution in [0, 0.1) is 32.6 Å². The van der Waals surface area contributed by atoms with Crippen molar-refractivity contribution in [2.75, 3.05) is 22.9 Å². The SMILES string of the molecule is Cc1cccc(-n2c(C)cc(C3C(c4ccccn4)NC(=S)N3c3ccc(N4CC(C)CC(C)C4)c(Cl)c3)c2C)c1. The molecule has 212 valence electrons. The van der Waals surface area contributed by atoms with Crippen molar-refractivity contribution in [2.45, 2.75) is 53.1 Å². The Morgan fingerprint density at radius 3 is 2.37 bits per heavy atom. The summed E-state index contributed by atoms with van der Waals surface area (Å²) >= 11 is 13.1. The van der Waals surface area contributed by atoms with Gasteiger partial charge in [0.15, 0.2) is 5.11 Å². The molecule has 0 aliphatic carbocycles. The van der Waals surface area contributed by atoms with E-state index < -0.39 is 0 Å². The third-order valence-electron chi connectivity index (χ3n) is 8.57. The Labute approximate surface area is 254 Å². The highest BCUT2D eigenvalue weighted by Crippen LogP contribution is 2.45. The van der Waals surface area contributed by atoms with Gasteiger partial charge in [-0.3, -0.25) is 4.98 Å². The van der Waals surface area contributed by atoms with Gasteiger partial charge in [0.25, 0.3) is 0 Å². The van der Waals surface area contributed by atoms with Crippen LogP contribution in [0.4, 0.5) is 11.4 Å². The van der Waals surface area contributed by atoms with Crippen molar-refractivity contribution in [2.24, 2.45) is 11.8 Å². The van der Waals surface area contributed by atoms with E-state index >= 15 is 0 Å². The summed E-state index contributed by atoms with van der Waals surface area (Å²) in [5, 5.41) is 5.05. The third kappa shape index (κ3) is 5.24. The summed E-state index contributed by atoms with van der Waals surface area (Å²) in [5.41, 5.74) is 9.03. The summed E-state index contributed by atoms with van der Waals surface area (Å²) in [6, 6.07) is 23.2. The van der Waals surface area contributed by atoms with E-state index in [1.807, 2.05) is 18.3 Å². The van der Waals surface area contributed by atoms with E-state index in [9.17, 15) is 0 Å². The lowest BCUT2D eigenvalue weighted by molar-refractivity contribution is 0.357. The molecule has 0 amide bonds. The molecule has 4 aromatic rings. The molecular formula is C34H38ClN5S. The number of halogens is 1. The fourth-order valence-electron chi connectivity index (χ4n) is 6.96. The Kier molecular flexibility index (Phi) is 7.56. The molecule has 2 aromatic carbocycles. The number of aromatic nitrogens is 2. The highest BCUT2D eigenvalue weighted by Gasteiger charge is 2.42. The van der Waals surface area contributed by atoms with Crippen molar-refractivity contribution in [3.8, 4) is 5.69 Å². The third-order valence-corrected chi connectivity index (χ3v) is 9.18. The Bertz CT molecular complexity index is 1570. The van der Waals surface area contributed by atoms with Gasteiger partial charge in [-0.2, -0.15) is 0 Å². The van der Waals surface area contributed by atoms with Crippen LogP contribution in [0.25, 0.3) is 5.69 Å². The second kappa shape index (κ2) is 11.1. The van der Waals surface area contributed by atoms with E-state index in [2.05, 4.69) is 109 Å². The molecule has 4 heterocycles. The van der Waals surface area contributed by atoms with Crippen LogP contribution in [0.3, 0.4) is 0 Å². The lowest BCUT2D eigenvalue weighted by atomic mass is 9.91. The molecule has 5 nitrogen and oxygen atoms in total. The zero-order valence-electron chi connectivity index (χ0n) is 24.4. The van der Waals surface area contributed by atoms with Gasteiger partial charge in [0.2, 0.25) is 0 Å². The molecule has 2 aromatic heterocycles. The number of hydrogen-bond acceptors (Lipinski definition) is 3. The number of hydrogen-bond donors (Lipinski definition) is 1. The summed E-state index contributed by atoms with van der Waals surface area (Å²) in [4.78, 5) is 9.42. The molecule has 2 saturated heterocycles. The topological polar surface area (TPSA) is 36.3 Å². The number of pyridine rings is 1. The summed E-state index contributed by atoms with van der Waals surface area (Å²) < 4.78 is 2.34. The second-order valence-corrected chi connectivity index (χ2v) is 12.8. The summed E-state index contributed by atoms with van der Waals surface area (Å²) in [6.07, 6.45) is 3.11. The van der Waals surface area contributed by atoms with Crippen LogP contribution >= 0.6 is 23.8 Å². The van der Waals surface area contributed by atoms with Crippen LogP contribution in [0.2, 0.25) is 5.02 Å². The van der Waals surface area contributed by atoms with E-state index in [4.69, 9.17) is 28.8 Å². The van der Waals surface area contributed by atoms with Crippen LogP contribution in [0.5, 0.6) is 0 Å². The lowest BCUT2D eigenvalue weighted by Crippen LogP contribution is -2.38. The number of piperidine rings is 1. The molecule has 0 spiro atoms. The molecule has 2 aliphatic rings. The standard InChI is InChI=1S/C34H38ClN5S/c1-21-9-8-10-26(16-21)39-24(4)17-28(25(39)5)33-32(30-11-6-7-14-36-30)37-34(41)40(33)27-12-13-31(29(35)18-27)38-19-22(2)15-23(3)20-38/h6-14,16-18,22-23,32-33H,15,19-20H2,1-5H3,(H,37,41). The van der Waals surface area contributed by atoms with Crippen LogP contribution < -0.4 is 15.1 Å². The monoisotopic (exact) mass is 583 g/mol. The minimum Gasteiger partial charge on any atom is -0.370 e. The molecular weight excluding hydrogens is 546 g/mol. The van der Waals surface area contributed by atoms with E-state index in [1.54, 1.807) is 0 Å². The Morgan fingerprint density at radius 2 is 1.68 bits per heavy atom. The molecule has 7 heteroatoms. The Morgan fingerprint density at radius 1 is 0.902 bits per heavy atom. The van der Waals surface area contributed by atoms with E-state index in [0.717, 1.165) is 40.9 Å². The predicted octanol–water partition coefficient (Wildman–Crippen LogP) is 8.11. The fraction of sp³-hybridized carbons (Fsp3) is 0.353. The van der Waals surface area contributed by atoms with Crippen molar-refractivity contribution in [1.82, 2.24) is 14.9 Å². The zero-order chi connectivity index (χ0) is 28.8. The number of nitrogens with zero attached hydrogens (tertiary/aromatic N) is 4. The maximum atomic E-state index is 7.04. The first-order valence-electron chi connectivity index (χ1n) is 14.5. The molecule has 0 radical (unpaired) electrons. The number of benzene rings is 2. The molecule has 1 N–H and O–H groups in total. The van der Waals surface area contributed by atoms with Crippen LogP contribution in [-0.4, -0.2) is 27.8 Å². The Balaban J connectivity index is 1.44. The first-order valence-corrected chi connectivity index (χ1v) is 15.3. The zero-order valence-corrected chi connectivity index (χ0v) is 26.0. The van der Waals surface area contributed by atoms with Gasteiger partial charge >= 0.3 is 0 Å². The summed E-state index contributed by atoms with van der Waals surface area (Å²) in [6.45, 7) is 13.2. The van der Waals surface area contributed by atoms with Gasteiger partial charge in [0, 0.05) is 42.0 Å². The van der Waals surface area contributed by atoms with Crippen molar-refractivity contribution in [1.29, 1.82) is 0 Å². The number of anilines is 2. The van der Waals surface area contributed by atoms with Gasteiger partial charge in [-0.15, -0.1) is 0 Å². The van der Waals surface area contributed by atoms with Gasteiger partial charge in [0.05, 0.1) is 28.5 Å². The van der Waals surface area contributed by atoms with Crippen molar-refractivity contribution >= 4 is 40.3 Å². The number of thiocarbonyl (C=S) groups is 1. The predicted molar refractivity (Wildman–Crippen MR) is 175 cm³/mol. The highest BCUT2D eigenvalue weighted by molar-refractivity contribution is 7.80. The number of aryl methyl sites for hydroxylation is 2. The molecule has 41 heavy (non-hydrogen) atoms. The average Bonchev–Trinajstić information content (AvgIpc) is 3.43. The van der Waals surface area contributed by atoms with E-state index in [1.165, 1.54) is 28.9 Å². The van der Waals surface area contributed by atoms with E-state index in [0.29, 0.717) is 16.9 Å². The largest absolute Gasteiger partial charge is 0.370 e. The smallest absolute Gasteiger partial charge is 0.174 e. The average molecular weight is 584 g/mol. The summed E-state index contributed by atoms with van der Waals surface area (Å²) in [7, 11) is 0. The van der Waals surface area contributed by atoms with E-state index in [-0.39, 0.29) is 12.1 Å². The minimum atomic E-state index is -0.114. The van der Waals surface area contributed by atoms with Crippen LogP contribution in [0.15, 0.2) is 72.9 Å². The quantitative estimate of drug-likeness (QED) is 0.240. The lowest BCUT2D eigenvalue weighted by Gasteiger charge is -2.37. The summed E-state index contributed by atoms with van der Waals surface area (Å²) in [5.74, 6) is 1.30. The molecule has 4 atom stereocenters. The second-order valence-electron chi connectivity index (χ2n) is 12.0. The molecule has 2 fully saturated rings. The van der Waals surface area contributed by atoms with Crippen LogP contribution in [0.1, 0.15) is 60.6 Å². The molecule has 6 rings (SSSR count). The maximum Gasteiger partial charge on any atom is 0.174 e. The van der Waals surface area contributed by atoms with Crippen molar-refractivity contribution in [3.63, 3.8) is 0 Å². The maximum absolute atomic E-state index is 7.04. The molecule has 0 bridgehead atoms. The number of nitrogens with one attached hydrogen (secondary N) is 1. The number of rotatable bonds is 5. The normalized spacial score (nSPS) is 22.7. The minimum absolute atomic E-state index is 0.0980. The van der Waals surface area contributed by atoms with Gasteiger partial charge in [0.1, 0.15) is 0 Å². The van der Waals surface area contributed by atoms with Gasteiger partial charge in [-0.1, -0.05) is 43.6 Å². The van der Waals surface area contributed by atoms with Gasteiger partial charge in [-0.25, -0.2) is 0 Å². The Hall–Kier alpha value is -3.35.